The Balaban J connectivity index is 0.00000338. The zero-order chi connectivity index (χ0) is 18.7. The predicted molar refractivity (Wildman–Crippen MR) is 99.6 cm³/mol. The first kappa shape index (κ1) is 22.3. The Morgan fingerprint density at radius 2 is 1.92 bits per heavy atom. The van der Waals surface area contributed by atoms with Crippen molar-refractivity contribution in [3.05, 3.63) is 30.1 Å². The van der Waals surface area contributed by atoms with Gasteiger partial charge in [0.2, 0.25) is 11.8 Å². The Bertz CT molecular complexity index is 767. The molecule has 0 radical (unpaired) electrons. The van der Waals surface area contributed by atoms with E-state index in [2.05, 4.69) is 10.6 Å². The molecule has 10 heteroatoms. The smallest absolute Gasteiger partial charge is 0.244 e. The summed E-state index contributed by atoms with van der Waals surface area (Å²) in [6.07, 6.45) is 1.39. The molecule has 2 N–H and O–H groups in total. The van der Waals surface area contributed by atoms with Gasteiger partial charge < -0.3 is 15.5 Å². The molecule has 1 aliphatic rings. The standard InChI is InChI=1S/C16H22FN3O4S.ClH/c1-20(11-14(21)19-13-5-3-4-12(17)10-13)15(22)16(25(2,23)24)6-8-18-9-7-16;/h3-5,10,18H,6-9,11H2,1-2H3,(H,19,21);1H. The van der Waals surface area contributed by atoms with Crippen LogP contribution in [0.3, 0.4) is 0 Å². The fourth-order valence-corrected chi connectivity index (χ4v) is 4.39. The van der Waals surface area contributed by atoms with Crippen LogP contribution >= 0.6 is 12.4 Å². The van der Waals surface area contributed by atoms with Crippen LogP contribution in [0.4, 0.5) is 10.1 Å². The number of sulfone groups is 1. The summed E-state index contributed by atoms with van der Waals surface area (Å²) < 4.78 is 36.1. The number of halogens is 2. The van der Waals surface area contributed by atoms with E-state index in [4.69, 9.17) is 0 Å². The second-order valence-corrected chi connectivity index (χ2v) is 8.56. The molecule has 2 amide bonds. The molecule has 0 spiro atoms. The van der Waals surface area contributed by atoms with Gasteiger partial charge in [-0.15, -0.1) is 12.4 Å². The lowest BCUT2D eigenvalue weighted by Crippen LogP contribution is -2.58. The second kappa shape index (κ2) is 8.79. The molecule has 1 heterocycles. The van der Waals surface area contributed by atoms with E-state index in [9.17, 15) is 22.4 Å². The lowest BCUT2D eigenvalue weighted by molar-refractivity contribution is -0.136. The summed E-state index contributed by atoms with van der Waals surface area (Å²) in [5.74, 6) is -1.61. The number of benzene rings is 1. The van der Waals surface area contributed by atoms with Crippen molar-refractivity contribution < 1.29 is 22.4 Å². The Labute approximate surface area is 158 Å². The average molecular weight is 408 g/mol. The Hall–Kier alpha value is -1.71. The quantitative estimate of drug-likeness (QED) is 0.753. The summed E-state index contributed by atoms with van der Waals surface area (Å²) in [6, 6.07) is 5.38. The maximum Gasteiger partial charge on any atom is 0.244 e. The van der Waals surface area contributed by atoms with Gasteiger partial charge in [-0.05, 0) is 44.1 Å². The van der Waals surface area contributed by atoms with E-state index >= 15 is 0 Å². The van der Waals surface area contributed by atoms with Gasteiger partial charge in [-0.2, -0.15) is 0 Å². The molecule has 0 aliphatic carbocycles. The number of piperidine rings is 1. The number of anilines is 1. The number of hydrogen-bond acceptors (Lipinski definition) is 5. The number of likely N-dealkylation sites (N-methyl/N-ethyl adjacent to an activating group) is 1. The molecule has 1 aromatic rings. The zero-order valence-corrected chi connectivity index (χ0v) is 16.3. The number of nitrogens with one attached hydrogen (secondary N) is 2. The van der Waals surface area contributed by atoms with Crippen molar-refractivity contribution in [1.82, 2.24) is 10.2 Å². The minimum Gasteiger partial charge on any atom is -0.335 e. The van der Waals surface area contributed by atoms with Crippen LogP contribution in [0, 0.1) is 5.82 Å². The zero-order valence-electron chi connectivity index (χ0n) is 14.6. The lowest BCUT2D eigenvalue weighted by atomic mass is 9.95. The van der Waals surface area contributed by atoms with Crippen LogP contribution in [0.2, 0.25) is 0 Å². The molecule has 0 atom stereocenters. The maximum absolute atomic E-state index is 13.1. The van der Waals surface area contributed by atoms with Gasteiger partial charge >= 0.3 is 0 Å². The highest BCUT2D eigenvalue weighted by atomic mass is 35.5. The summed E-state index contributed by atoms with van der Waals surface area (Å²) in [5.41, 5.74) is 0.269. The summed E-state index contributed by atoms with van der Waals surface area (Å²) in [4.78, 5) is 26.0. The highest BCUT2D eigenvalue weighted by molar-refractivity contribution is 7.92. The van der Waals surface area contributed by atoms with Crippen molar-refractivity contribution in [3.63, 3.8) is 0 Å². The van der Waals surface area contributed by atoms with E-state index in [1.165, 1.54) is 25.2 Å². The summed E-state index contributed by atoms with van der Waals surface area (Å²) in [5, 5.41) is 5.52. The Kier molecular flexibility index (Phi) is 7.55. The fourth-order valence-electron chi connectivity index (χ4n) is 2.98. The van der Waals surface area contributed by atoms with Crippen LogP contribution < -0.4 is 10.6 Å². The molecule has 0 bridgehead atoms. The lowest BCUT2D eigenvalue weighted by Gasteiger charge is -2.37. The molecule has 26 heavy (non-hydrogen) atoms. The van der Waals surface area contributed by atoms with Crippen molar-refractivity contribution in [2.45, 2.75) is 17.6 Å². The van der Waals surface area contributed by atoms with Gasteiger partial charge in [-0.25, -0.2) is 12.8 Å². The Morgan fingerprint density at radius 3 is 2.46 bits per heavy atom. The third-order valence-electron chi connectivity index (χ3n) is 4.35. The number of amides is 2. The molecule has 1 saturated heterocycles. The van der Waals surface area contributed by atoms with Crippen LogP contribution in [-0.2, 0) is 19.4 Å². The van der Waals surface area contributed by atoms with Crippen molar-refractivity contribution >= 4 is 39.7 Å². The molecule has 1 aromatic carbocycles. The number of carbonyl (C=O) groups excluding carboxylic acids is 2. The minimum absolute atomic E-state index is 0. The van der Waals surface area contributed by atoms with Gasteiger partial charge in [0, 0.05) is 19.0 Å². The third-order valence-corrected chi connectivity index (χ3v) is 6.35. The topological polar surface area (TPSA) is 95.6 Å². The van der Waals surface area contributed by atoms with E-state index in [1.54, 1.807) is 0 Å². The van der Waals surface area contributed by atoms with Gasteiger partial charge in [-0.3, -0.25) is 9.59 Å². The molecule has 146 valence electrons. The summed E-state index contributed by atoms with van der Waals surface area (Å²) in [6.45, 7) is 0.518. The minimum atomic E-state index is -3.64. The molecule has 2 rings (SSSR count). The van der Waals surface area contributed by atoms with Crippen LogP contribution in [0.1, 0.15) is 12.8 Å². The predicted octanol–water partition coefficient (Wildman–Crippen LogP) is 0.811. The van der Waals surface area contributed by atoms with Crippen LogP contribution in [0.15, 0.2) is 24.3 Å². The van der Waals surface area contributed by atoms with E-state index in [0.717, 1.165) is 17.2 Å². The van der Waals surface area contributed by atoms with Crippen molar-refractivity contribution in [1.29, 1.82) is 0 Å². The summed E-state index contributed by atoms with van der Waals surface area (Å²) in [7, 11) is -2.25. The van der Waals surface area contributed by atoms with Gasteiger partial charge in [0.05, 0.1) is 6.54 Å². The van der Waals surface area contributed by atoms with Crippen LogP contribution in [-0.4, -0.2) is 62.8 Å². The van der Waals surface area contributed by atoms with Crippen molar-refractivity contribution in [3.8, 4) is 0 Å². The van der Waals surface area contributed by atoms with Crippen molar-refractivity contribution in [2.24, 2.45) is 0 Å². The number of nitrogens with zero attached hydrogens (tertiary/aromatic N) is 1. The van der Waals surface area contributed by atoms with Crippen LogP contribution in [0.5, 0.6) is 0 Å². The number of carbonyl (C=O) groups is 2. The molecule has 1 fully saturated rings. The molecule has 7 nitrogen and oxygen atoms in total. The SMILES string of the molecule is CN(CC(=O)Nc1cccc(F)c1)C(=O)C1(S(C)(=O)=O)CCNCC1.Cl. The first-order valence-corrected chi connectivity index (χ1v) is 9.76. The Morgan fingerprint density at radius 1 is 1.31 bits per heavy atom. The average Bonchev–Trinajstić information content (AvgIpc) is 2.53. The van der Waals surface area contributed by atoms with E-state index in [1.807, 2.05) is 0 Å². The molecule has 1 aliphatic heterocycles. The monoisotopic (exact) mass is 407 g/mol. The molecular weight excluding hydrogens is 385 g/mol. The van der Waals surface area contributed by atoms with Gasteiger partial charge in [0.15, 0.2) is 14.6 Å². The molecular formula is C16H23ClFN3O4S. The van der Waals surface area contributed by atoms with Crippen molar-refractivity contribution in [2.75, 3.05) is 38.3 Å². The normalized spacial score (nSPS) is 16.3. The molecule has 0 saturated carbocycles. The van der Waals surface area contributed by atoms with Gasteiger partial charge in [0.25, 0.3) is 0 Å². The first-order valence-electron chi connectivity index (χ1n) is 7.87. The third kappa shape index (κ3) is 4.93. The number of rotatable bonds is 5. The maximum atomic E-state index is 13.1. The van der Waals surface area contributed by atoms with E-state index in [0.29, 0.717) is 13.1 Å². The van der Waals surface area contributed by atoms with Gasteiger partial charge in [0.1, 0.15) is 5.82 Å². The number of hydrogen-bond donors (Lipinski definition) is 2. The molecule has 0 unspecified atom stereocenters. The second-order valence-electron chi connectivity index (χ2n) is 6.24. The summed E-state index contributed by atoms with van der Waals surface area (Å²) >= 11 is 0. The van der Waals surface area contributed by atoms with Crippen LogP contribution in [0.25, 0.3) is 0 Å². The van der Waals surface area contributed by atoms with E-state index in [-0.39, 0.29) is 37.5 Å². The fraction of sp³-hybridized carbons (Fsp3) is 0.500. The first-order chi connectivity index (χ1) is 11.7. The molecule has 0 aromatic heterocycles. The van der Waals surface area contributed by atoms with Gasteiger partial charge in [-0.1, -0.05) is 6.07 Å². The van der Waals surface area contributed by atoms with E-state index < -0.39 is 32.2 Å². The highest BCUT2D eigenvalue weighted by Crippen LogP contribution is 2.29. The highest BCUT2D eigenvalue weighted by Gasteiger charge is 2.50. The largest absolute Gasteiger partial charge is 0.335 e.